The summed E-state index contributed by atoms with van der Waals surface area (Å²) in [4.78, 5) is 11.8. The first-order valence-corrected chi connectivity index (χ1v) is 9.82. The van der Waals surface area contributed by atoms with E-state index in [1.54, 1.807) is 4.68 Å². The van der Waals surface area contributed by atoms with Gasteiger partial charge in [0.15, 0.2) is 0 Å². The van der Waals surface area contributed by atoms with Crippen LogP contribution in [0.5, 0.6) is 0 Å². The number of ether oxygens (including phenoxy) is 1. The van der Waals surface area contributed by atoms with Crippen LogP contribution in [-0.4, -0.2) is 27.5 Å². The van der Waals surface area contributed by atoms with Gasteiger partial charge in [0.1, 0.15) is 6.61 Å². The second-order valence-corrected chi connectivity index (χ2v) is 7.03. The molecule has 1 aromatic heterocycles. The topological polar surface area (TPSA) is 76.4 Å². The molecule has 4 rings (SSSR count). The van der Waals surface area contributed by atoms with Crippen LogP contribution in [0.15, 0.2) is 79.1 Å². The number of fused-ring (bicyclic) bond motifs is 1. The van der Waals surface area contributed by atoms with Gasteiger partial charge in [0.2, 0.25) is 0 Å². The van der Waals surface area contributed by atoms with E-state index in [-0.39, 0.29) is 13.2 Å². The van der Waals surface area contributed by atoms with Crippen molar-refractivity contribution in [2.45, 2.75) is 19.8 Å². The number of carbonyl (C=O) groups excluding carboxylic acids is 1. The highest BCUT2D eigenvalue weighted by molar-refractivity contribution is 5.87. The Labute approximate surface area is 174 Å². The van der Waals surface area contributed by atoms with E-state index in [4.69, 9.17) is 4.74 Å². The average Bonchev–Trinajstić information content (AvgIpc) is 3.26. The fraction of sp³-hybridized carbons (Fsp3) is 0.167. The summed E-state index contributed by atoms with van der Waals surface area (Å²) in [5, 5.41) is 18.6. The van der Waals surface area contributed by atoms with Gasteiger partial charge in [0, 0.05) is 18.3 Å². The summed E-state index contributed by atoms with van der Waals surface area (Å²) in [6.45, 7) is 1.27. The number of nitrogens with zero attached hydrogens (tertiary/aromatic N) is 2. The van der Waals surface area contributed by atoms with Crippen molar-refractivity contribution in [3.8, 4) is 11.1 Å². The molecule has 6 nitrogen and oxygen atoms in total. The molecule has 1 heterocycles. The second-order valence-electron chi connectivity index (χ2n) is 7.03. The van der Waals surface area contributed by atoms with Gasteiger partial charge < -0.3 is 15.2 Å². The summed E-state index contributed by atoms with van der Waals surface area (Å²) in [5.41, 5.74) is 3.93. The fourth-order valence-electron chi connectivity index (χ4n) is 3.25. The van der Waals surface area contributed by atoms with Crippen LogP contribution in [0.2, 0.25) is 0 Å². The van der Waals surface area contributed by atoms with Crippen LogP contribution in [0.1, 0.15) is 11.1 Å². The molecule has 0 bridgehead atoms. The lowest BCUT2D eigenvalue weighted by Gasteiger charge is -2.07. The number of carbonyl (C=O) groups is 1. The number of aromatic nitrogens is 2. The van der Waals surface area contributed by atoms with Gasteiger partial charge >= 0.3 is 6.09 Å². The van der Waals surface area contributed by atoms with Crippen LogP contribution in [0.4, 0.5) is 4.79 Å². The van der Waals surface area contributed by atoms with Crippen molar-refractivity contribution < 1.29 is 14.6 Å². The monoisotopic (exact) mass is 401 g/mol. The third kappa shape index (κ3) is 4.85. The number of benzene rings is 3. The highest BCUT2D eigenvalue weighted by Crippen LogP contribution is 2.25. The van der Waals surface area contributed by atoms with Crippen LogP contribution >= 0.6 is 0 Å². The van der Waals surface area contributed by atoms with Gasteiger partial charge in [-0.25, -0.2) is 4.79 Å². The molecule has 0 radical (unpaired) electrons. The smallest absolute Gasteiger partial charge is 0.407 e. The SMILES string of the molecule is O=C(NCCn1cc(-c2ccc3cc(CO)ccc3c2)cn1)OCc1ccccc1. The van der Waals surface area contributed by atoms with E-state index in [2.05, 4.69) is 16.5 Å². The standard InChI is InChI=1S/C24H23N3O3/c28-16-19-6-7-21-13-22(9-8-20(21)12-19)23-14-26-27(15-23)11-10-25-24(29)30-17-18-4-2-1-3-5-18/h1-9,12-15,28H,10-11,16-17H2,(H,25,29). The van der Waals surface area contributed by atoms with Crippen molar-refractivity contribution in [2.24, 2.45) is 0 Å². The molecule has 0 spiro atoms. The van der Waals surface area contributed by atoms with Gasteiger partial charge in [-0.15, -0.1) is 0 Å². The van der Waals surface area contributed by atoms with Gasteiger partial charge in [-0.2, -0.15) is 5.10 Å². The van der Waals surface area contributed by atoms with E-state index in [0.717, 1.165) is 33.0 Å². The average molecular weight is 401 g/mol. The van der Waals surface area contributed by atoms with E-state index in [1.807, 2.05) is 73.1 Å². The first kappa shape index (κ1) is 19.7. The Morgan fingerprint density at radius 2 is 1.77 bits per heavy atom. The summed E-state index contributed by atoms with van der Waals surface area (Å²) in [6, 6.07) is 21.7. The van der Waals surface area contributed by atoms with Crippen LogP contribution in [0.3, 0.4) is 0 Å². The van der Waals surface area contributed by atoms with Gasteiger partial charge in [-0.05, 0) is 39.6 Å². The van der Waals surface area contributed by atoms with Gasteiger partial charge in [-0.3, -0.25) is 4.68 Å². The molecule has 0 saturated carbocycles. The number of amides is 1. The minimum Gasteiger partial charge on any atom is -0.445 e. The van der Waals surface area contributed by atoms with Crippen molar-refractivity contribution >= 4 is 16.9 Å². The number of aliphatic hydroxyl groups excluding tert-OH is 1. The van der Waals surface area contributed by atoms with E-state index in [9.17, 15) is 9.90 Å². The molecular formula is C24H23N3O3. The minimum absolute atomic E-state index is 0.0400. The molecule has 3 aromatic carbocycles. The van der Waals surface area contributed by atoms with Gasteiger partial charge in [0.25, 0.3) is 0 Å². The molecule has 0 aliphatic heterocycles. The van der Waals surface area contributed by atoms with Crippen LogP contribution < -0.4 is 5.32 Å². The highest BCUT2D eigenvalue weighted by Gasteiger charge is 2.06. The predicted octanol–water partition coefficient (Wildman–Crippen LogP) is 4.12. The van der Waals surface area contributed by atoms with Crippen molar-refractivity contribution in [3.63, 3.8) is 0 Å². The maximum Gasteiger partial charge on any atom is 0.407 e. The molecule has 1 amide bonds. The number of alkyl carbamates (subject to hydrolysis) is 1. The summed E-state index contributed by atoms with van der Waals surface area (Å²) in [7, 11) is 0. The molecule has 0 aliphatic carbocycles. The number of hydrogen-bond donors (Lipinski definition) is 2. The highest BCUT2D eigenvalue weighted by atomic mass is 16.5. The minimum atomic E-state index is -0.442. The Morgan fingerprint density at radius 3 is 2.60 bits per heavy atom. The third-order valence-corrected chi connectivity index (χ3v) is 4.88. The van der Waals surface area contributed by atoms with Gasteiger partial charge in [0.05, 0.1) is 19.3 Å². The number of nitrogens with one attached hydrogen (secondary N) is 1. The third-order valence-electron chi connectivity index (χ3n) is 4.88. The maximum absolute atomic E-state index is 11.8. The quantitative estimate of drug-likeness (QED) is 0.488. The first-order valence-electron chi connectivity index (χ1n) is 9.82. The molecular weight excluding hydrogens is 378 g/mol. The Balaban J connectivity index is 1.31. The lowest BCUT2D eigenvalue weighted by atomic mass is 10.0. The van der Waals surface area contributed by atoms with Crippen molar-refractivity contribution in [1.29, 1.82) is 0 Å². The molecule has 2 N–H and O–H groups in total. The van der Waals surface area contributed by atoms with Crippen LogP contribution in [0, 0.1) is 0 Å². The van der Waals surface area contributed by atoms with Crippen LogP contribution in [0.25, 0.3) is 21.9 Å². The molecule has 0 aliphatic rings. The maximum atomic E-state index is 11.8. The zero-order valence-corrected chi connectivity index (χ0v) is 16.5. The number of aliphatic hydroxyl groups is 1. The zero-order chi connectivity index (χ0) is 20.8. The molecule has 4 aromatic rings. The predicted molar refractivity (Wildman–Crippen MR) is 116 cm³/mol. The molecule has 30 heavy (non-hydrogen) atoms. The van der Waals surface area contributed by atoms with Crippen molar-refractivity contribution in [2.75, 3.05) is 6.54 Å². The van der Waals surface area contributed by atoms with Crippen molar-refractivity contribution in [1.82, 2.24) is 15.1 Å². The zero-order valence-electron chi connectivity index (χ0n) is 16.5. The summed E-state index contributed by atoms with van der Waals surface area (Å²) < 4.78 is 7.00. The molecule has 0 saturated heterocycles. The molecule has 0 fully saturated rings. The normalized spacial score (nSPS) is 10.8. The summed E-state index contributed by atoms with van der Waals surface area (Å²) in [6.07, 6.45) is 3.33. The van der Waals surface area contributed by atoms with Crippen molar-refractivity contribution in [3.05, 3.63) is 90.3 Å². The Morgan fingerprint density at radius 1 is 0.967 bits per heavy atom. The number of rotatable bonds is 7. The Hall–Kier alpha value is -3.64. The number of hydrogen-bond acceptors (Lipinski definition) is 4. The van der Waals surface area contributed by atoms with Crippen LogP contribution in [-0.2, 0) is 24.5 Å². The van der Waals surface area contributed by atoms with E-state index in [0.29, 0.717) is 13.1 Å². The molecule has 6 heteroatoms. The molecule has 0 atom stereocenters. The summed E-state index contributed by atoms with van der Waals surface area (Å²) >= 11 is 0. The molecule has 152 valence electrons. The van der Waals surface area contributed by atoms with E-state index in [1.165, 1.54) is 0 Å². The lowest BCUT2D eigenvalue weighted by molar-refractivity contribution is 0.139. The Kier molecular flexibility index (Phi) is 6.06. The molecule has 0 unspecified atom stereocenters. The second kappa shape index (κ2) is 9.24. The van der Waals surface area contributed by atoms with E-state index >= 15 is 0 Å². The summed E-state index contributed by atoms with van der Waals surface area (Å²) in [5.74, 6) is 0. The largest absolute Gasteiger partial charge is 0.445 e. The van der Waals surface area contributed by atoms with Gasteiger partial charge in [-0.1, -0.05) is 54.6 Å². The fourth-order valence-corrected chi connectivity index (χ4v) is 3.25. The Bertz CT molecular complexity index is 1140. The van der Waals surface area contributed by atoms with E-state index < -0.39 is 6.09 Å². The first-order chi connectivity index (χ1) is 14.7. The lowest BCUT2D eigenvalue weighted by Crippen LogP contribution is -2.27.